The molecule has 1 amide bonds. The summed E-state index contributed by atoms with van der Waals surface area (Å²) in [7, 11) is 0. The first-order chi connectivity index (χ1) is 11.7. The number of carbonyl (C=O) groups is 2. The Hall–Kier alpha value is -2.77. The van der Waals surface area contributed by atoms with Crippen molar-refractivity contribution in [3.63, 3.8) is 0 Å². The predicted octanol–water partition coefficient (Wildman–Crippen LogP) is 2.78. The molecule has 0 aliphatic rings. The summed E-state index contributed by atoms with van der Waals surface area (Å²) in [6.45, 7) is 3.01. The molecule has 2 rings (SSSR count). The summed E-state index contributed by atoms with van der Waals surface area (Å²) in [5, 5.41) is 11.5. The Balaban J connectivity index is 1.91. The van der Waals surface area contributed by atoms with Gasteiger partial charge in [0.25, 0.3) is 0 Å². The molecule has 1 aromatic heterocycles. The summed E-state index contributed by atoms with van der Waals surface area (Å²) in [5.41, 5.74) is -0.987. The number of rotatable bonds is 7. The lowest BCUT2D eigenvalue weighted by Crippen LogP contribution is -2.38. The Morgan fingerprint density at radius 1 is 1.32 bits per heavy atom. The predicted molar refractivity (Wildman–Crippen MR) is 84.6 cm³/mol. The molecule has 0 aliphatic carbocycles. The second-order valence-corrected chi connectivity index (χ2v) is 6.21. The second kappa shape index (κ2) is 7.42. The molecule has 1 heterocycles. The normalized spacial score (nSPS) is 11.4. The fraction of sp³-hybridized carbons (Fsp3) is 0.353. The van der Waals surface area contributed by atoms with Gasteiger partial charge >= 0.3 is 5.97 Å². The van der Waals surface area contributed by atoms with Gasteiger partial charge in [-0.3, -0.25) is 9.59 Å². The molecule has 0 atom stereocenters. The number of carboxylic acids is 1. The average molecular weight is 352 g/mol. The zero-order chi connectivity index (χ0) is 18.6. The smallest absolute Gasteiger partial charge is 0.310 e. The third-order valence-electron chi connectivity index (χ3n) is 3.62. The highest BCUT2D eigenvalue weighted by molar-refractivity contribution is 5.78. The van der Waals surface area contributed by atoms with Crippen molar-refractivity contribution < 1.29 is 27.9 Å². The van der Waals surface area contributed by atoms with Crippen molar-refractivity contribution in [2.24, 2.45) is 5.41 Å². The highest BCUT2D eigenvalue weighted by Gasteiger charge is 2.27. The molecule has 134 valence electrons. The number of halogens is 2. The van der Waals surface area contributed by atoms with Gasteiger partial charge in [0.05, 0.1) is 17.2 Å². The number of aryl methyl sites for hydroxylation is 1. The molecule has 1 aromatic carbocycles. The number of benzene rings is 1. The molecular formula is C17H18F2N2O4. The zero-order valence-electron chi connectivity index (χ0n) is 13.8. The Bertz CT molecular complexity index is 787. The molecule has 0 aliphatic heterocycles. The zero-order valence-corrected chi connectivity index (χ0v) is 13.8. The van der Waals surface area contributed by atoms with Crippen LogP contribution in [0, 0.1) is 17.0 Å². The first-order valence-electron chi connectivity index (χ1n) is 7.59. The summed E-state index contributed by atoms with van der Waals surface area (Å²) in [6.07, 6.45) is 1.51. The van der Waals surface area contributed by atoms with Gasteiger partial charge in [-0.25, -0.2) is 13.8 Å². The largest absolute Gasteiger partial charge is 0.481 e. The van der Waals surface area contributed by atoms with Crippen molar-refractivity contribution in [3.05, 3.63) is 41.9 Å². The van der Waals surface area contributed by atoms with E-state index in [0.29, 0.717) is 0 Å². The maximum Gasteiger partial charge on any atom is 0.310 e. The molecular weight excluding hydrogens is 334 g/mol. The van der Waals surface area contributed by atoms with E-state index < -0.39 is 23.0 Å². The number of carbonyl (C=O) groups excluding carboxylic acids is 1. The summed E-state index contributed by atoms with van der Waals surface area (Å²) in [5.74, 6) is -2.45. The fourth-order valence-electron chi connectivity index (χ4n) is 1.94. The topological polar surface area (TPSA) is 92.4 Å². The van der Waals surface area contributed by atoms with Crippen LogP contribution >= 0.6 is 0 Å². The average Bonchev–Trinajstić information content (AvgIpc) is 2.99. The lowest BCUT2D eigenvalue weighted by Gasteiger charge is -2.19. The quantitative estimate of drug-likeness (QED) is 0.799. The van der Waals surface area contributed by atoms with E-state index >= 15 is 0 Å². The SMILES string of the molecule is CC(C)(CNC(=O)CCc1ncc(-c2ccc(F)cc2F)o1)C(=O)O. The summed E-state index contributed by atoms with van der Waals surface area (Å²) >= 11 is 0. The minimum atomic E-state index is -1.06. The van der Waals surface area contributed by atoms with Gasteiger partial charge in [0.1, 0.15) is 11.6 Å². The number of aromatic nitrogens is 1. The van der Waals surface area contributed by atoms with E-state index in [0.717, 1.165) is 12.1 Å². The molecule has 2 N–H and O–H groups in total. The number of amides is 1. The minimum absolute atomic E-state index is 0.00120. The molecule has 8 heteroatoms. The van der Waals surface area contributed by atoms with Gasteiger partial charge in [0.15, 0.2) is 11.7 Å². The van der Waals surface area contributed by atoms with E-state index in [9.17, 15) is 18.4 Å². The Morgan fingerprint density at radius 3 is 2.68 bits per heavy atom. The minimum Gasteiger partial charge on any atom is -0.481 e. The van der Waals surface area contributed by atoms with Crippen molar-refractivity contribution in [3.8, 4) is 11.3 Å². The highest BCUT2D eigenvalue weighted by atomic mass is 19.1. The van der Waals surface area contributed by atoms with Crippen LogP contribution < -0.4 is 5.32 Å². The highest BCUT2D eigenvalue weighted by Crippen LogP contribution is 2.24. The number of hydrogen-bond acceptors (Lipinski definition) is 4. The molecule has 0 saturated carbocycles. The van der Waals surface area contributed by atoms with Gasteiger partial charge in [0.2, 0.25) is 5.91 Å². The third kappa shape index (κ3) is 4.85. The number of aliphatic carboxylic acids is 1. The van der Waals surface area contributed by atoms with Crippen LogP contribution in [-0.2, 0) is 16.0 Å². The van der Waals surface area contributed by atoms with Crippen molar-refractivity contribution in [1.29, 1.82) is 0 Å². The Morgan fingerprint density at radius 2 is 2.04 bits per heavy atom. The third-order valence-corrected chi connectivity index (χ3v) is 3.62. The van der Waals surface area contributed by atoms with Gasteiger partial charge in [-0.15, -0.1) is 0 Å². The molecule has 25 heavy (non-hydrogen) atoms. The van der Waals surface area contributed by atoms with Crippen molar-refractivity contribution in [1.82, 2.24) is 10.3 Å². The van der Waals surface area contributed by atoms with E-state index in [-0.39, 0.29) is 42.5 Å². The summed E-state index contributed by atoms with van der Waals surface area (Å²) < 4.78 is 32.0. The molecule has 0 saturated heterocycles. The van der Waals surface area contributed by atoms with Crippen LogP contribution in [0.15, 0.2) is 28.8 Å². The van der Waals surface area contributed by atoms with Crippen LogP contribution in [0.5, 0.6) is 0 Å². The maximum atomic E-state index is 13.7. The van der Waals surface area contributed by atoms with Gasteiger partial charge in [0, 0.05) is 25.5 Å². The monoisotopic (exact) mass is 352 g/mol. The summed E-state index contributed by atoms with van der Waals surface area (Å²) in [4.78, 5) is 26.7. The van der Waals surface area contributed by atoms with E-state index in [2.05, 4.69) is 10.3 Å². The van der Waals surface area contributed by atoms with Gasteiger partial charge in [-0.2, -0.15) is 0 Å². The molecule has 0 bridgehead atoms. The molecule has 2 aromatic rings. The molecule has 0 radical (unpaired) electrons. The molecule has 0 spiro atoms. The first kappa shape index (κ1) is 18.6. The second-order valence-electron chi connectivity index (χ2n) is 6.21. The van der Waals surface area contributed by atoms with E-state index in [4.69, 9.17) is 9.52 Å². The molecule has 6 nitrogen and oxygen atoms in total. The van der Waals surface area contributed by atoms with E-state index in [1.54, 1.807) is 0 Å². The van der Waals surface area contributed by atoms with Crippen LogP contribution in [0.3, 0.4) is 0 Å². The standard InChI is InChI=1S/C17H18F2N2O4/c1-17(2,16(23)24)9-21-14(22)5-6-15-20-8-13(25-15)11-4-3-10(18)7-12(11)19/h3-4,7-8H,5-6,9H2,1-2H3,(H,21,22)(H,23,24). The number of nitrogens with one attached hydrogen (secondary N) is 1. The van der Waals surface area contributed by atoms with Crippen molar-refractivity contribution >= 4 is 11.9 Å². The van der Waals surface area contributed by atoms with Crippen LogP contribution in [0.25, 0.3) is 11.3 Å². The number of nitrogens with zero attached hydrogens (tertiary/aromatic N) is 1. The molecule has 0 unspecified atom stereocenters. The Labute approximate surface area is 142 Å². The first-order valence-corrected chi connectivity index (χ1v) is 7.59. The number of oxazole rings is 1. The van der Waals surface area contributed by atoms with E-state index in [1.165, 1.54) is 26.1 Å². The maximum absolute atomic E-state index is 13.7. The van der Waals surface area contributed by atoms with Gasteiger partial charge in [-0.05, 0) is 26.0 Å². The van der Waals surface area contributed by atoms with Gasteiger partial charge < -0.3 is 14.8 Å². The molecule has 0 fully saturated rings. The van der Waals surface area contributed by atoms with Crippen LogP contribution in [0.2, 0.25) is 0 Å². The summed E-state index contributed by atoms with van der Waals surface area (Å²) in [6, 6.07) is 3.10. The number of hydrogen-bond donors (Lipinski definition) is 2. The van der Waals surface area contributed by atoms with Crippen LogP contribution in [-0.4, -0.2) is 28.5 Å². The van der Waals surface area contributed by atoms with Crippen LogP contribution in [0.1, 0.15) is 26.2 Å². The Kier molecular flexibility index (Phi) is 5.51. The van der Waals surface area contributed by atoms with Gasteiger partial charge in [-0.1, -0.05) is 0 Å². The fourth-order valence-corrected chi connectivity index (χ4v) is 1.94. The number of carboxylic acid groups (broad SMARTS) is 1. The van der Waals surface area contributed by atoms with E-state index in [1.807, 2.05) is 0 Å². The van der Waals surface area contributed by atoms with Crippen molar-refractivity contribution in [2.75, 3.05) is 6.54 Å². The lowest BCUT2D eigenvalue weighted by molar-refractivity contribution is -0.146. The van der Waals surface area contributed by atoms with Crippen LogP contribution in [0.4, 0.5) is 8.78 Å². The lowest BCUT2D eigenvalue weighted by atomic mass is 9.94. The van der Waals surface area contributed by atoms with Crippen molar-refractivity contribution in [2.45, 2.75) is 26.7 Å².